The molecule has 2 amide bonds. The predicted molar refractivity (Wildman–Crippen MR) is 119 cm³/mol. The number of benzene rings is 2. The zero-order valence-electron chi connectivity index (χ0n) is 18.0. The van der Waals surface area contributed by atoms with Crippen molar-refractivity contribution in [2.75, 3.05) is 39.9 Å². The summed E-state index contributed by atoms with van der Waals surface area (Å²) >= 11 is 5.76. The quantitative estimate of drug-likeness (QED) is 0.547. The minimum absolute atomic E-state index is 0.0359. The number of morpholine rings is 1. The number of hydrogen-bond acceptors (Lipinski definition) is 6. The summed E-state index contributed by atoms with van der Waals surface area (Å²) in [4.78, 5) is 32.7. The Morgan fingerprint density at radius 1 is 1.12 bits per heavy atom. The van der Waals surface area contributed by atoms with Crippen LogP contribution < -0.4 is 0 Å². The third kappa shape index (κ3) is 5.37. The van der Waals surface area contributed by atoms with Crippen molar-refractivity contribution in [3.8, 4) is 11.5 Å². The molecule has 1 aliphatic heterocycles. The molecule has 0 bridgehead atoms. The summed E-state index contributed by atoms with van der Waals surface area (Å²) in [6.07, 6.45) is 0.369. The predicted octanol–water partition coefficient (Wildman–Crippen LogP) is 3.32. The Labute approximate surface area is 194 Å². The van der Waals surface area contributed by atoms with E-state index >= 15 is 0 Å². The Morgan fingerprint density at radius 3 is 2.52 bits per heavy atom. The Balaban J connectivity index is 1.35. The molecule has 172 valence electrons. The van der Waals surface area contributed by atoms with Crippen LogP contribution in [-0.2, 0) is 11.2 Å². The highest BCUT2D eigenvalue weighted by Crippen LogP contribution is 2.20. The molecule has 0 spiro atoms. The maximum absolute atomic E-state index is 13.3. The number of aromatic nitrogens is 2. The van der Waals surface area contributed by atoms with Gasteiger partial charge in [-0.15, -0.1) is 0 Å². The SMILES string of the molecule is CN(CCc1noc(-c2ccc(C(=O)N3CCOCC3)cc2)n1)C(=O)c1ccc(F)c(Cl)c1. The molecule has 2 heterocycles. The Bertz CT molecular complexity index is 1150. The van der Waals surface area contributed by atoms with Crippen LogP contribution >= 0.6 is 11.6 Å². The maximum Gasteiger partial charge on any atom is 0.257 e. The molecule has 1 fully saturated rings. The molecule has 4 rings (SSSR count). The number of ether oxygens (including phenoxy) is 1. The molecule has 0 aliphatic carbocycles. The van der Waals surface area contributed by atoms with Crippen molar-refractivity contribution in [3.63, 3.8) is 0 Å². The maximum atomic E-state index is 13.3. The molecule has 0 N–H and O–H groups in total. The number of carbonyl (C=O) groups is 2. The van der Waals surface area contributed by atoms with Gasteiger partial charge < -0.3 is 19.1 Å². The van der Waals surface area contributed by atoms with Crippen LogP contribution in [0.2, 0.25) is 5.02 Å². The van der Waals surface area contributed by atoms with E-state index in [-0.39, 0.29) is 16.8 Å². The number of halogens is 2. The summed E-state index contributed by atoms with van der Waals surface area (Å²) in [5.41, 5.74) is 1.57. The fourth-order valence-corrected chi connectivity index (χ4v) is 3.58. The molecule has 1 aliphatic rings. The van der Waals surface area contributed by atoms with Gasteiger partial charge in [0.05, 0.1) is 18.2 Å². The van der Waals surface area contributed by atoms with Gasteiger partial charge in [0.15, 0.2) is 5.82 Å². The van der Waals surface area contributed by atoms with E-state index < -0.39 is 5.82 Å². The first-order valence-corrected chi connectivity index (χ1v) is 10.8. The van der Waals surface area contributed by atoms with Gasteiger partial charge in [0.2, 0.25) is 0 Å². The van der Waals surface area contributed by atoms with E-state index in [0.29, 0.717) is 67.7 Å². The highest BCUT2D eigenvalue weighted by molar-refractivity contribution is 6.31. The third-order valence-corrected chi connectivity index (χ3v) is 5.62. The van der Waals surface area contributed by atoms with Crippen molar-refractivity contribution in [2.24, 2.45) is 0 Å². The largest absolute Gasteiger partial charge is 0.378 e. The summed E-state index contributed by atoms with van der Waals surface area (Å²) in [7, 11) is 1.63. The van der Waals surface area contributed by atoms with Crippen LogP contribution in [0.15, 0.2) is 47.0 Å². The first-order valence-electron chi connectivity index (χ1n) is 10.4. The molecule has 1 saturated heterocycles. The number of likely N-dealkylation sites (N-methyl/N-ethyl adjacent to an activating group) is 1. The molecule has 0 unspecified atom stereocenters. The second kappa shape index (κ2) is 10.1. The monoisotopic (exact) mass is 472 g/mol. The molecule has 0 atom stereocenters. The molecule has 33 heavy (non-hydrogen) atoms. The van der Waals surface area contributed by atoms with Gasteiger partial charge in [-0.25, -0.2) is 4.39 Å². The topological polar surface area (TPSA) is 88.8 Å². The average molecular weight is 473 g/mol. The average Bonchev–Trinajstić information content (AvgIpc) is 3.33. The zero-order valence-corrected chi connectivity index (χ0v) is 18.7. The van der Waals surface area contributed by atoms with Crippen LogP contribution in [0.5, 0.6) is 0 Å². The van der Waals surface area contributed by atoms with Gasteiger partial charge in [-0.05, 0) is 42.5 Å². The standard InChI is InChI=1S/C23H22ClFN4O4/c1-28(22(30)17-6-7-19(25)18(24)14-17)9-8-20-26-21(33-27-20)15-2-4-16(5-3-15)23(31)29-10-12-32-13-11-29/h2-7,14H,8-13H2,1H3. The fraction of sp³-hybridized carbons (Fsp3) is 0.304. The van der Waals surface area contributed by atoms with Crippen LogP contribution in [-0.4, -0.2) is 71.7 Å². The molecule has 0 radical (unpaired) electrons. The van der Waals surface area contributed by atoms with Gasteiger partial charge >= 0.3 is 0 Å². The highest BCUT2D eigenvalue weighted by Gasteiger charge is 2.19. The van der Waals surface area contributed by atoms with E-state index in [0.717, 1.165) is 6.07 Å². The molecule has 8 nitrogen and oxygen atoms in total. The lowest BCUT2D eigenvalue weighted by atomic mass is 10.1. The first kappa shape index (κ1) is 22.9. The van der Waals surface area contributed by atoms with Gasteiger partial charge in [-0.3, -0.25) is 9.59 Å². The molecular weight excluding hydrogens is 451 g/mol. The number of amides is 2. The van der Waals surface area contributed by atoms with Crippen molar-refractivity contribution >= 4 is 23.4 Å². The number of hydrogen-bond donors (Lipinski definition) is 0. The zero-order chi connectivity index (χ0) is 23.4. The van der Waals surface area contributed by atoms with E-state index in [9.17, 15) is 14.0 Å². The lowest BCUT2D eigenvalue weighted by molar-refractivity contribution is 0.0303. The van der Waals surface area contributed by atoms with Crippen LogP contribution in [0.3, 0.4) is 0 Å². The molecule has 3 aromatic rings. The van der Waals surface area contributed by atoms with Gasteiger partial charge in [0, 0.05) is 49.8 Å². The third-order valence-electron chi connectivity index (χ3n) is 5.33. The van der Waals surface area contributed by atoms with Crippen LogP contribution in [0.4, 0.5) is 4.39 Å². The normalized spacial score (nSPS) is 13.7. The molecule has 2 aromatic carbocycles. The van der Waals surface area contributed by atoms with Crippen molar-refractivity contribution in [1.82, 2.24) is 19.9 Å². The van der Waals surface area contributed by atoms with Gasteiger partial charge in [-0.1, -0.05) is 16.8 Å². The Morgan fingerprint density at radius 2 is 1.82 bits per heavy atom. The molecule has 0 saturated carbocycles. The Kier molecular flexibility index (Phi) is 7.00. The minimum Gasteiger partial charge on any atom is -0.378 e. The van der Waals surface area contributed by atoms with Crippen LogP contribution in [0, 0.1) is 5.82 Å². The Hall–Kier alpha value is -3.30. The van der Waals surface area contributed by atoms with E-state index in [1.54, 1.807) is 36.2 Å². The fourth-order valence-electron chi connectivity index (χ4n) is 3.40. The summed E-state index contributed by atoms with van der Waals surface area (Å²) in [5.74, 6) is -0.133. The summed E-state index contributed by atoms with van der Waals surface area (Å²) < 4.78 is 23.9. The molecule has 10 heteroatoms. The lowest BCUT2D eigenvalue weighted by Gasteiger charge is -2.26. The van der Waals surface area contributed by atoms with Crippen LogP contribution in [0.1, 0.15) is 26.5 Å². The van der Waals surface area contributed by atoms with Crippen LogP contribution in [0.25, 0.3) is 11.5 Å². The second-order valence-corrected chi connectivity index (χ2v) is 8.01. The van der Waals surface area contributed by atoms with E-state index in [1.165, 1.54) is 17.0 Å². The molecular formula is C23H22ClFN4O4. The van der Waals surface area contributed by atoms with Crippen molar-refractivity contribution in [2.45, 2.75) is 6.42 Å². The number of rotatable bonds is 6. The molecule has 1 aromatic heterocycles. The minimum atomic E-state index is -0.575. The highest BCUT2D eigenvalue weighted by atomic mass is 35.5. The van der Waals surface area contributed by atoms with Crippen molar-refractivity contribution in [3.05, 3.63) is 70.3 Å². The number of carbonyl (C=O) groups excluding carboxylic acids is 2. The van der Waals surface area contributed by atoms with Gasteiger partial charge in [-0.2, -0.15) is 4.98 Å². The lowest BCUT2D eigenvalue weighted by Crippen LogP contribution is -2.40. The number of nitrogens with zero attached hydrogens (tertiary/aromatic N) is 4. The van der Waals surface area contributed by atoms with E-state index in [2.05, 4.69) is 10.1 Å². The van der Waals surface area contributed by atoms with Crippen molar-refractivity contribution < 1.29 is 23.2 Å². The summed E-state index contributed by atoms with van der Waals surface area (Å²) in [6.45, 7) is 2.59. The summed E-state index contributed by atoms with van der Waals surface area (Å²) in [5, 5.41) is 3.87. The van der Waals surface area contributed by atoms with Crippen molar-refractivity contribution in [1.29, 1.82) is 0 Å². The smallest absolute Gasteiger partial charge is 0.257 e. The van der Waals surface area contributed by atoms with E-state index in [4.69, 9.17) is 20.9 Å². The second-order valence-electron chi connectivity index (χ2n) is 7.60. The van der Waals surface area contributed by atoms with Gasteiger partial charge in [0.1, 0.15) is 5.82 Å². The first-order chi connectivity index (χ1) is 15.9. The van der Waals surface area contributed by atoms with E-state index in [1.807, 2.05) is 0 Å². The van der Waals surface area contributed by atoms with Gasteiger partial charge in [0.25, 0.3) is 17.7 Å². The summed E-state index contributed by atoms with van der Waals surface area (Å²) in [6, 6.07) is 10.8.